The Balaban J connectivity index is 2.80. The molecule has 0 aromatic rings. The maximum atomic E-state index is 13.5. The second-order valence-electron chi connectivity index (χ2n) is 5.77. The maximum Gasteiger partial charge on any atom is 0.248 e. The summed E-state index contributed by atoms with van der Waals surface area (Å²) in [4.78, 5) is 0. The van der Waals surface area contributed by atoms with Crippen LogP contribution in [0, 0.1) is 23.7 Å². The average Bonchev–Trinajstić information content (AvgIpc) is 2.23. The van der Waals surface area contributed by atoms with Crippen molar-refractivity contribution in [3.05, 3.63) is 0 Å². The smallest absolute Gasteiger partial charge is 0.207 e. The van der Waals surface area contributed by atoms with Gasteiger partial charge in [0.15, 0.2) is 0 Å². The van der Waals surface area contributed by atoms with Crippen molar-refractivity contribution in [3.8, 4) is 0 Å². The van der Waals surface area contributed by atoms with Gasteiger partial charge in [-0.3, -0.25) is 0 Å². The molecule has 0 aromatic carbocycles. The van der Waals surface area contributed by atoms with E-state index in [0.717, 1.165) is 6.42 Å². The molecule has 0 nitrogen and oxygen atoms in total. The fourth-order valence-electron chi connectivity index (χ4n) is 2.97. The molecule has 0 aromatic heterocycles. The quantitative estimate of drug-likeness (QED) is 0.587. The van der Waals surface area contributed by atoms with E-state index in [4.69, 9.17) is 0 Å². The van der Waals surface area contributed by atoms with Crippen LogP contribution >= 0.6 is 0 Å². The summed E-state index contributed by atoms with van der Waals surface area (Å²) in [6.45, 7) is 8.51. The first-order valence-corrected chi connectivity index (χ1v) is 6.21. The molecule has 2 heteroatoms. The highest BCUT2D eigenvalue weighted by molar-refractivity contribution is 4.84. The number of halogens is 2. The van der Waals surface area contributed by atoms with Gasteiger partial charge in [0.25, 0.3) is 0 Å². The molecule has 0 bridgehead atoms. The molecule has 1 saturated carbocycles. The standard InChI is InChI=1S/C13H24F2/c1-9(2)11-6-5-7-13(14,15)8-12(11)10(3)4/h9-12H,5-8H2,1-4H3. The Morgan fingerprint density at radius 1 is 1.00 bits per heavy atom. The van der Waals surface area contributed by atoms with Crippen molar-refractivity contribution in [2.75, 3.05) is 0 Å². The fourth-order valence-corrected chi connectivity index (χ4v) is 2.97. The first kappa shape index (κ1) is 12.9. The molecule has 1 aliphatic carbocycles. The molecular formula is C13H24F2. The molecule has 0 aliphatic heterocycles. The van der Waals surface area contributed by atoms with Crippen LogP contribution in [-0.2, 0) is 0 Å². The van der Waals surface area contributed by atoms with Crippen molar-refractivity contribution < 1.29 is 8.78 Å². The van der Waals surface area contributed by atoms with Crippen LogP contribution in [0.15, 0.2) is 0 Å². The third-order valence-corrected chi connectivity index (χ3v) is 3.88. The highest BCUT2D eigenvalue weighted by Crippen LogP contribution is 2.43. The summed E-state index contributed by atoms with van der Waals surface area (Å²) in [5, 5.41) is 0. The molecule has 15 heavy (non-hydrogen) atoms. The molecule has 90 valence electrons. The van der Waals surface area contributed by atoms with Gasteiger partial charge in [0.1, 0.15) is 0 Å². The molecule has 0 spiro atoms. The van der Waals surface area contributed by atoms with E-state index in [-0.39, 0.29) is 18.8 Å². The van der Waals surface area contributed by atoms with E-state index in [0.29, 0.717) is 24.2 Å². The van der Waals surface area contributed by atoms with Gasteiger partial charge in [-0.05, 0) is 36.5 Å². The first-order chi connectivity index (χ1) is 6.83. The van der Waals surface area contributed by atoms with E-state index >= 15 is 0 Å². The normalized spacial score (nSPS) is 32.0. The van der Waals surface area contributed by atoms with E-state index in [1.165, 1.54) is 0 Å². The highest BCUT2D eigenvalue weighted by Gasteiger charge is 2.40. The summed E-state index contributed by atoms with van der Waals surface area (Å²) in [5.74, 6) is -0.827. The van der Waals surface area contributed by atoms with Gasteiger partial charge in [0.05, 0.1) is 0 Å². The zero-order valence-corrected chi connectivity index (χ0v) is 10.4. The van der Waals surface area contributed by atoms with Crippen LogP contribution in [0.2, 0.25) is 0 Å². The number of rotatable bonds is 2. The lowest BCUT2D eigenvalue weighted by atomic mass is 9.74. The number of hydrogen-bond donors (Lipinski definition) is 0. The van der Waals surface area contributed by atoms with Crippen molar-refractivity contribution in [1.82, 2.24) is 0 Å². The molecule has 0 saturated heterocycles. The van der Waals surface area contributed by atoms with Gasteiger partial charge in [-0.15, -0.1) is 0 Å². The van der Waals surface area contributed by atoms with Crippen LogP contribution in [0.5, 0.6) is 0 Å². The minimum atomic E-state index is -2.42. The Hall–Kier alpha value is -0.140. The lowest BCUT2D eigenvalue weighted by Gasteiger charge is -2.32. The molecule has 0 amide bonds. The molecule has 2 atom stereocenters. The highest BCUT2D eigenvalue weighted by atomic mass is 19.3. The van der Waals surface area contributed by atoms with Crippen LogP contribution in [0.4, 0.5) is 8.78 Å². The van der Waals surface area contributed by atoms with E-state index in [2.05, 4.69) is 27.7 Å². The molecule has 1 aliphatic rings. The second-order valence-corrected chi connectivity index (χ2v) is 5.77. The van der Waals surface area contributed by atoms with Gasteiger partial charge in [0, 0.05) is 12.8 Å². The zero-order valence-electron chi connectivity index (χ0n) is 10.4. The van der Waals surface area contributed by atoms with E-state index in [9.17, 15) is 8.78 Å². The van der Waals surface area contributed by atoms with Gasteiger partial charge in [-0.2, -0.15) is 0 Å². The molecule has 0 N–H and O–H groups in total. The summed E-state index contributed by atoms with van der Waals surface area (Å²) in [7, 11) is 0. The second kappa shape index (κ2) is 4.80. The van der Waals surface area contributed by atoms with Gasteiger partial charge >= 0.3 is 0 Å². The first-order valence-electron chi connectivity index (χ1n) is 6.21. The van der Waals surface area contributed by atoms with Crippen molar-refractivity contribution in [3.63, 3.8) is 0 Å². The third kappa shape index (κ3) is 3.42. The molecule has 1 fully saturated rings. The van der Waals surface area contributed by atoms with Crippen LogP contribution in [0.3, 0.4) is 0 Å². The maximum absolute atomic E-state index is 13.5. The predicted octanol–water partition coefficient (Wildman–Crippen LogP) is 4.74. The van der Waals surface area contributed by atoms with Gasteiger partial charge in [-0.25, -0.2) is 8.78 Å². The zero-order chi connectivity index (χ0) is 11.6. The third-order valence-electron chi connectivity index (χ3n) is 3.88. The summed E-state index contributed by atoms with van der Waals surface area (Å²) in [6, 6.07) is 0. The molecular weight excluding hydrogens is 194 g/mol. The van der Waals surface area contributed by atoms with Crippen molar-refractivity contribution in [2.24, 2.45) is 23.7 Å². The summed E-state index contributed by atoms with van der Waals surface area (Å²) in [6.07, 6.45) is 1.88. The van der Waals surface area contributed by atoms with E-state index in [1.54, 1.807) is 0 Å². The van der Waals surface area contributed by atoms with Crippen molar-refractivity contribution >= 4 is 0 Å². The van der Waals surface area contributed by atoms with Gasteiger partial charge in [0.2, 0.25) is 5.92 Å². The van der Waals surface area contributed by atoms with Crippen LogP contribution < -0.4 is 0 Å². The summed E-state index contributed by atoms with van der Waals surface area (Å²) < 4.78 is 27.0. The minimum absolute atomic E-state index is 0.0967. The lowest BCUT2D eigenvalue weighted by molar-refractivity contribution is -0.0363. The monoisotopic (exact) mass is 218 g/mol. The van der Waals surface area contributed by atoms with Crippen LogP contribution in [0.1, 0.15) is 53.4 Å². The average molecular weight is 218 g/mol. The molecule has 0 heterocycles. The Bertz CT molecular complexity index is 197. The molecule has 2 unspecified atom stereocenters. The summed E-state index contributed by atoms with van der Waals surface area (Å²) >= 11 is 0. The molecule has 1 rings (SSSR count). The lowest BCUT2D eigenvalue weighted by Crippen LogP contribution is -2.28. The van der Waals surface area contributed by atoms with Gasteiger partial charge in [-0.1, -0.05) is 27.7 Å². The minimum Gasteiger partial charge on any atom is -0.207 e. The van der Waals surface area contributed by atoms with Gasteiger partial charge < -0.3 is 0 Å². The fraction of sp³-hybridized carbons (Fsp3) is 1.00. The largest absolute Gasteiger partial charge is 0.248 e. The van der Waals surface area contributed by atoms with Crippen molar-refractivity contribution in [2.45, 2.75) is 59.3 Å². The summed E-state index contributed by atoms with van der Waals surface area (Å²) in [5.41, 5.74) is 0. The predicted molar refractivity (Wildman–Crippen MR) is 60.1 cm³/mol. The Morgan fingerprint density at radius 2 is 1.53 bits per heavy atom. The number of hydrogen-bond acceptors (Lipinski definition) is 0. The van der Waals surface area contributed by atoms with Crippen molar-refractivity contribution in [1.29, 1.82) is 0 Å². The Labute approximate surface area is 92.4 Å². The van der Waals surface area contributed by atoms with Crippen LogP contribution in [-0.4, -0.2) is 5.92 Å². The Morgan fingerprint density at radius 3 is 2.00 bits per heavy atom. The van der Waals surface area contributed by atoms with Crippen LogP contribution in [0.25, 0.3) is 0 Å². The topological polar surface area (TPSA) is 0 Å². The Kier molecular flexibility index (Phi) is 4.13. The SMILES string of the molecule is CC(C)C1CCCC(F)(F)CC1C(C)C. The van der Waals surface area contributed by atoms with E-state index in [1.807, 2.05) is 0 Å². The molecule has 0 radical (unpaired) electrons. The van der Waals surface area contributed by atoms with E-state index < -0.39 is 5.92 Å². The number of alkyl halides is 2.